The van der Waals surface area contributed by atoms with E-state index in [4.69, 9.17) is 0 Å². The molecule has 2 aromatic rings. The van der Waals surface area contributed by atoms with Crippen molar-refractivity contribution in [1.82, 2.24) is 9.88 Å². The van der Waals surface area contributed by atoms with E-state index in [1.807, 2.05) is 24.4 Å². The highest BCUT2D eigenvalue weighted by Crippen LogP contribution is 2.26. The molecule has 0 amide bonds. The first-order chi connectivity index (χ1) is 8.81. The molecule has 0 radical (unpaired) electrons. The van der Waals surface area contributed by atoms with Crippen LogP contribution in [0.25, 0.3) is 10.6 Å². The Balaban J connectivity index is 1.70. The summed E-state index contributed by atoms with van der Waals surface area (Å²) in [5.74, 6) is 0. The average Bonchev–Trinajstić information content (AvgIpc) is 3.01. The summed E-state index contributed by atoms with van der Waals surface area (Å²) in [5.41, 5.74) is 1.15. The van der Waals surface area contributed by atoms with E-state index in [0.717, 1.165) is 23.7 Å². The third kappa shape index (κ3) is 2.60. The van der Waals surface area contributed by atoms with Gasteiger partial charge in [-0.25, -0.2) is 9.37 Å². The summed E-state index contributed by atoms with van der Waals surface area (Å²) in [4.78, 5) is 7.82. The van der Waals surface area contributed by atoms with Gasteiger partial charge in [0.25, 0.3) is 0 Å². The monoisotopic (exact) mass is 262 g/mol. The van der Waals surface area contributed by atoms with E-state index in [1.54, 1.807) is 11.3 Å². The van der Waals surface area contributed by atoms with Crippen molar-refractivity contribution < 1.29 is 4.39 Å². The number of rotatable bonds is 3. The van der Waals surface area contributed by atoms with Crippen molar-refractivity contribution in [1.29, 1.82) is 0 Å². The van der Waals surface area contributed by atoms with Crippen molar-refractivity contribution in [2.45, 2.75) is 19.1 Å². The Labute approximate surface area is 110 Å². The predicted octanol–water partition coefficient (Wildman–Crippen LogP) is 3.35. The summed E-state index contributed by atoms with van der Waals surface area (Å²) < 4.78 is 13.1. The Morgan fingerprint density at radius 1 is 1.33 bits per heavy atom. The number of halogens is 1. The van der Waals surface area contributed by atoms with Crippen molar-refractivity contribution in [2.24, 2.45) is 0 Å². The van der Waals surface area contributed by atoms with E-state index in [-0.39, 0.29) is 0 Å². The summed E-state index contributed by atoms with van der Waals surface area (Å²) in [5, 5.41) is 1.04. The molecule has 18 heavy (non-hydrogen) atoms. The minimum absolute atomic E-state index is 0.568. The first kappa shape index (κ1) is 11.8. The Kier molecular flexibility index (Phi) is 3.39. The molecular weight excluding hydrogens is 247 g/mol. The van der Waals surface area contributed by atoms with Crippen molar-refractivity contribution in [2.75, 3.05) is 13.1 Å². The largest absolute Gasteiger partial charge is 0.295 e. The van der Waals surface area contributed by atoms with Gasteiger partial charge in [0.15, 0.2) is 0 Å². The molecule has 1 saturated heterocycles. The second-order valence-electron chi connectivity index (χ2n) is 4.62. The first-order valence-electron chi connectivity index (χ1n) is 6.18. The number of aromatic nitrogens is 1. The normalized spacial score (nSPS) is 20.4. The summed E-state index contributed by atoms with van der Waals surface area (Å²) in [6, 6.07) is 10.2. The lowest BCUT2D eigenvalue weighted by Gasteiger charge is -2.11. The van der Waals surface area contributed by atoms with Crippen molar-refractivity contribution in [3.05, 3.63) is 41.4 Å². The molecule has 2 heterocycles. The molecule has 1 aliphatic rings. The van der Waals surface area contributed by atoms with Gasteiger partial charge < -0.3 is 0 Å². The lowest BCUT2D eigenvalue weighted by Crippen LogP contribution is -2.19. The van der Waals surface area contributed by atoms with Gasteiger partial charge in [-0.3, -0.25) is 4.90 Å². The van der Waals surface area contributed by atoms with Crippen LogP contribution in [0.3, 0.4) is 0 Å². The molecule has 1 aromatic carbocycles. The average molecular weight is 262 g/mol. The molecule has 0 N–H and O–H groups in total. The molecule has 3 rings (SSSR count). The van der Waals surface area contributed by atoms with Gasteiger partial charge in [-0.2, -0.15) is 0 Å². The van der Waals surface area contributed by atoms with E-state index in [9.17, 15) is 4.39 Å². The van der Waals surface area contributed by atoms with E-state index in [0.29, 0.717) is 13.0 Å². The Hall–Kier alpha value is -1.26. The molecular formula is C14H15FN2S. The summed E-state index contributed by atoms with van der Waals surface area (Å²) in [7, 11) is 0. The molecule has 1 aliphatic heterocycles. The standard InChI is InChI=1S/C14H15FN2S/c15-12-6-7-17(9-12)10-13-8-16-14(18-13)11-4-2-1-3-5-11/h1-5,8,12H,6-7,9-10H2/t12-/m0/s1. The fourth-order valence-corrected chi connectivity index (χ4v) is 3.20. The Bertz CT molecular complexity index is 512. The maximum absolute atomic E-state index is 13.1. The molecule has 0 unspecified atom stereocenters. The lowest BCUT2D eigenvalue weighted by atomic mass is 10.2. The molecule has 1 atom stereocenters. The van der Waals surface area contributed by atoms with Crippen molar-refractivity contribution >= 4 is 11.3 Å². The fraction of sp³-hybridized carbons (Fsp3) is 0.357. The minimum Gasteiger partial charge on any atom is -0.295 e. The second kappa shape index (κ2) is 5.16. The van der Waals surface area contributed by atoms with E-state index in [1.165, 1.54) is 4.88 Å². The number of hydrogen-bond donors (Lipinski definition) is 0. The molecule has 0 spiro atoms. The zero-order valence-electron chi connectivity index (χ0n) is 10.1. The van der Waals surface area contributed by atoms with Crippen LogP contribution in [0.2, 0.25) is 0 Å². The van der Waals surface area contributed by atoms with Gasteiger partial charge in [0, 0.05) is 36.3 Å². The highest BCUT2D eigenvalue weighted by molar-refractivity contribution is 7.15. The molecule has 1 aromatic heterocycles. The van der Waals surface area contributed by atoms with Crippen LogP contribution in [0.15, 0.2) is 36.5 Å². The lowest BCUT2D eigenvalue weighted by molar-refractivity contribution is 0.284. The quantitative estimate of drug-likeness (QED) is 0.843. The number of likely N-dealkylation sites (tertiary alicyclic amines) is 1. The highest BCUT2D eigenvalue weighted by atomic mass is 32.1. The van der Waals surface area contributed by atoms with Crippen LogP contribution in [0.1, 0.15) is 11.3 Å². The third-order valence-corrected chi connectivity index (χ3v) is 4.20. The SMILES string of the molecule is F[C@H]1CCN(Cc2cnc(-c3ccccc3)s2)C1. The van der Waals surface area contributed by atoms with Crippen molar-refractivity contribution in [3.63, 3.8) is 0 Å². The smallest absolute Gasteiger partial charge is 0.123 e. The van der Waals surface area contributed by atoms with Crippen LogP contribution in [0, 0.1) is 0 Å². The zero-order valence-corrected chi connectivity index (χ0v) is 10.9. The second-order valence-corrected chi connectivity index (χ2v) is 5.73. The molecule has 0 bridgehead atoms. The summed E-state index contributed by atoms with van der Waals surface area (Å²) >= 11 is 1.70. The van der Waals surface area contributed by atoms with Gasteiger partial charge in [-0.1, -0.05) is 30.3 Å². The maximum atomic E-state index is 13.1. The van der Waals surface area contributed by atoms with Crippen LogP contribution in [-0.2, 0) is 6.54 Å². The highest BCUT2D eigenvalue weighted by Gasteiger charge is 2.22. The minimum atomic E-state index is -0.647. The van der Waals surface area contributed by atoms with Gasteiger partial charge in [-0.15, -0.1) is 11.3 Å². The molecule has 2 nitrogen and oxygen atoms in total. The van der Waals surface area contributed by atoms with Crippen LogP contribution >= 0.6 is 11.3 Å². The first-order valence-corrected chi connectivity index (χ1v) is 6.99. The topological polar surface area (TPSA) is 16.1 Å². The van der Waals surface area contributed by atoms with Crippen LogP contribution in [0.4, 0.5) is 4.39 Å². The number of nitrogens with zero attached hydrogens (tertiary/aromatic N) is 2. The zero-order chi connectivity index (χ0) is 12.4. The molecule has 94 valence electrons. The Morgan fingerprint density at radius 2 is 2.17 bits per heavy atom. The van der Waals surface area contributed by atoms with E-state index >= 15 is 0 Å². The molecule has 1 fully saturated rings. The number of alkyl halides is 1. The van der Waals surface area contributed by atoms with Gasteiger partial charge in [0.1, 0.15) is 11.2 Å². The van der Waals surface area contributed by atoms with Gasteiger partial charge in [0.2, 0.25) is 0 Å². The summed E-state index contributed by atoms with van der Waals surface area (Å²) in [6.07, 6.45) is 1.94. The van der Waals surface area contributed by atoms with Crippen LogP contribution in [0.5, 0.6) is 0 Å². The Morgan fingerprint density at radius 3 is 2.89 bits per heavy atom. The maximum Gasteiger partial charge on any atom is 0.123 e. The predicted molar refractivity (Wildman–Crippen MR) is 72.3 cm³/mol. The molecule has 0 saturated carbocycles. The van der Waals surface area contributed by atoms with Crippen LogP contribution in [-0.4, -0.2) is 29.1 Å². The van der Waals surface area contributed by atoms with E-state index < -0.39 is 6.17 Å². The number of thiazole rings is 1. The molecule has 0 aliphatic carbocycles. The molecule has 4 heteroatoms. The van der Waals surface area contributed by atoms with Gasteiger partial charge in [0.05, 0.1) is 0 Å². The third-order valence-electron chi connectivity index (χ3n) is 3.17. The van der Waals surface area contributed by atoms with Crippen LogP contribution < -0.4 is 0 Å². The summed E-state index contributed by atoms with van der Waals surface area (Å²) in [6.45, 7) is 2.25. The number of hydrogen-bond acceptors (Lipinski definition) is 3. The van der Waals surface area contributed by atoms with E-state index in [2.05, 4.69) is 22.0 Å². The van der Waals surface area contributed by atoms with Gasteiger partial charge >= 0.3 is 0 Å². The van der Waals surface area contributed by atoms with Gasteiger partial charge in [-0.05, 0) is 6.42 Å². The van der Waals surface area contributed by atoms with Crippen molar-refractivity contribution in [3.8, 4) is 10.6 Å². The number of benzene rings is 1. The fourth-order valence-electron chi connectivity index (χ4n) is 2.24.